The zero-order chi connectivity index (χ0) is 26.7. The number of nitrogens with one attached hydrogen (secondary N) is 2. The molecular weight excluding hydrogens is 475 g/mol. The van der Waals surface area contributed by atoms with Crippen LogP contribution in [0, 0.1) is 11.7 Å². The van der Waals surface area contributed by atoms with Gasteiger partial charge in [-0.25, -0.2) is 13.9 Å². The van der Waals surface area contributed by atoms with Gasteiger partial charge in [0.05, 0.1) is 17.1 Å². The van der Waals surface area contributed by atoms with E-state index in [-0.39, 0.29) is 28.3 Å². The van der Waals surface area contributed by atoms with Crippen molar-refractivity contribution in [2.75, 3.05) is 10.6 Å². The monoisotopic (exact) mass is 504 g/mol. The van der Waals surface area contributed by atoms with Gasteiger partial charge >= 0.3 is 6.03 Å². The van der Waals surface area contributed by atoms with Crippen molar-refractivity contribution in [3.8, 4) is 11.5 Å². The molecule has 0 bridgehead atoms. The zero-order valence-electron chi connectivity index (χ0n) is 21.1. The molecule has 4 rings (SSSR count). The number of benzene rings is 1. The number of allylic oxidation sites excluding steroid dienone is 4. The normalized spacial score (nSPS) is 15.2. The van der Waals surface area contributed by atoms with Crippen LogP contribution >= 0.6 is 0 Å². The minimum Gasteiger partial charge on any atom is -0.457 e. The van der Waals surface area contributed by atoms with Crippen LogP contribution in [0.3, 0.4) is 0 Å². The Morgan fingerprint density at radius 2 is 1.89 bits per heavy atom. The van der Waals surface area contributed by atoms with Gasteiger partial charge in [0.25, 0.3) is 5.91 Å². The highest BCUT2D eigenvalue weighted by Gasteiger charge is 2.22. The number of amides is 3. The lowest BCUT2D eigenvalue weighted by Crippen LogP contribution is -2.22. The van der Waals surface area contributed by atoms with Crippen molar-refractivity contribution >= 4 is 29.1 Å². The van der Waals surface area contributed by atoms with E-state index in [2.05, 4.69) is 34.7 Å². The van der Waals surface area contributed by atoms with Crippen molar-refractivity contribution < 1.29 is 18.7 Å². The van der Waals surface area contributed by atoms with Crippen LogP contribution < -0.4 is 21.1 Å². The van der Waals surface area contributed by atoms with E-state index in [4.69, 9.17) is 15.6 Å². The van der Waals surface area contributed by atoms with Crippen LogP contribution in [0.2, 0.25) is 0 Å². The van der Waals surface area contributed by atoms with Gasteiger partial charge < -0.3 is 15.8 Å². The number of nitrogens with two attached hydrogens (primary N) is 1. The fourth-order valence-corrected chi connectivity index (χ4v) is 3.58. The molecule has 2 heterocycles. The largest absolute Gasteiger partial charge is 0.457 e. The van der Waals surface area contributed by atoms with Gasteiger partial charge in [0.1, 0.15) is 28.8 Å². The number of urea groups is 1. The number of primary amides is 1. The molecule has 3 amide bonds. The van der Waals surface area contributed by atoms with Crippen LogP contribution in [0.15, 0.2) is 60.8 Å². The summed E-state index contributed by atoms with van der Waals surface area (Å²) in [5.74, 6) is -0.0691. The number of carbonyl (C=O) groups is 2. The Balaban J connectivity index is 1.49. The number of rotatable bonds is 6. The van der Waals surface area contributed by atoms with Crippen molar-refractivity contribution in [3.05, 3.63) is 78.0 Å². The van der Waals surface area contributed by atoms with Crippen molar-refractivity contribution in [3.63, 3.8) is 0 Å². The summed E-state index contributed by atoms with van der Waals surface area (Å²) in [5, 5.41) is 10.0. The summed E-state index contributed by atoms with van der Waals surface area (Å²) in [7, 11) is 0. The molecule has 10 heteroatoms. The first-order valence-corrected chi connectivity index (χ1v) is 11.8. The topological polar surface area (TPSA) is 124 Å². The third kappa shape index (κ3) is 6.21. The maximum atomic E-state index is 14.8. The second-order valence-corrected chi connectivity index (χ2v) is 9.84. The number of aromatic nitrogens is 3. The predicted octanol–water partition coefficient (Wildman–Crippen LogP) is 5.69. The molecule has 37 heavy (non-hydrogen) atoms. The van der Waals surface area contributed by atoms with Gasteiger partial charge in [0.15, 0.2) is 0 Å². The Hall–Kier alpha value is -4.47. The molecule has 1 aromatic carbocycles. The van der Waals surface area contributed by atoms with Crippen LogP contribution in [-0.4, -0.2) is 26.7 Å². The predicted molar refractivity (Wildman–Crippen MR) is 140 cm³/mol. The van der Waals surface area contributed by atoms with E-state index in [1.54, 1.807) is 4.68 Å². The average Bonchev–Trinajstić information content (AvgIpc) is 3.26. The second kappa shape index (κ2) is 10.3. The number of ether oxygens (including phenoxy) is 1. The van der Waals surface area contributed by atoms with E-state index in [1.165, 1.54) is 30.5 Å². The Morgan fingerprint density at radius 1 is 1.14 bits per heavy atom. The van der Waals surface area contributed by atoms with Crippen LogP contribution in [0.4, 0.5) is 20.7 Å². The summed E-state index contributed by atoms with van der Waals surface area (Å²) >= 11 is 0. The van der Waals surface area contributed by atoms with Gasteiger partial charge in [-0.1, -0.05) is 39.8 Å². The molecule has 0 radical (unpaired) electrons. The molecule has 0 aliphatic heterocycles. The Kier molecular flexibility index (Phi) is 7.10. The zero-order valence-corrected chi connectivity index (χ0v) is 21.1. The maximum Gasteiger partial charge on any atom is 0.324 e. The maximum absolute atomic E-state index is 14.8. The summed E-state index contributed by atoms with van der Waals surface area (Å²) in [6.07, 6.45) is 8.37. The number of anilines is 2. The number of nitrogens with zero attached hydrogens (tertiary/aromatic N) is 3. The fraction of sp³-hybridized carbons (Fsp3) is 0.259. The number of hydrogen-bond acceptors (Lipinski definition) is 5. The lowest BCUT2D eigenvalue weighted by molar-refractivity contribution is 0.0995. The molecule has 1 aliphatic carbocycles. The van der Waals surface area contributed by atoms with Crippen molar-refractivity contribution in [2.45, 2.75) is 39.5 Å². The van der Waals surface area contributed by atoms with Crippen molar-refractivity contribution in [2.24, 2.45) is 11.7 Å². The number of carbonyl (C=O) groups excluding carboxylic acids is 2. The first kappa shape index (κ1) is 25.6. The molecule has 4 N–H and O–H groups in total. The third-order valence-electron chi connectivity index (χ3n) is 5.67. The Morgan fingerprint density at radius 3 is 2.54 bits per heavy atom. The molecule has 1 aliphatic rings. The van der Waals surface area contributed by atoms with E-state index < -0.39 is 17.8 Å². The molecule has 0 spiro atoms. The quantitative estimate of drug-likeness (QED) is 0.398. The minimum absolute atomic E-state index is 0.0239. The summed E-state index contributed by atoms with van der Waals surface area (Å²) in [4.78, 5) is 27.9. The lowest BCUT2D eigenvalue weighted by Gasteiger charge is -2.16. The Bertz CT molecular complexity index is 1400. The van der Waals surface area contributed by atoms with E-state index in [9.17, 15) is 14.0 Å². The first-order chi connectivity index (χ1) is 17.5. The van der Waals surface area contributed by atoms with Gasteiger partial charge in [0.2, 0.25) is 0 Å². The molecule has 0 fully saturated rings. The van der Waals surface area contributed by atoms with E-state index in [1.807, 2.05) is 32.9 Å². The lowest BCUT2D eigenvalue weighted by atomic mass is 9.92. The molecule has 1 atom stereocenters. The molecule has 0 saturated carbocycles. The summed E-state index contributed by atoms with van der Waals surface area (Å²) in [6.45, 7) is 8.24. The van der Waals surface area contributed by atoms with Gasteiger partial charge in [-0.2, -0.15) is 5.10 Å². The fourth-order valence-electron chi connectivity index (χ4n) is 3.58. The summed E-state index contributed by atoms with van der Waals surface area (Å²) < 4.78 is 22.1. The van der Waals surface area contributed by atoms with Crippen molar-refractivity contribution in [1.82, 2.24) is 14.8 Å². The van der Waals surface area contributed by atoms with Gasteiger partial charge in [0, 0.05) is 29.8 Å². The molecule has 2 aromatic heterocycles. The molecule has 1 unspecified atom stereocenters. The number of hydrogen-bond donors (Lipinski definition) is 3. The highest BCUT2D eigenvalue weighted by atomic mass is 19.1. The second-order valence-electron chi connectivity index (χ2n) is 9.84. The summed E-state index contributed by atoms with van der Waals surface area (Å²) in [5.41, 5.74) is 6.63. The van der Waals surface area contributed by atoms with Gasteiger partial charge in [-0.15, -0.1) is 0 Å². The van der Waals surface area contributed by atoms with Gasteiger partial charge in [-0.3, -0.25) is 15.1 Å². The molecule has 9 nitrogen and oxygen atoms in total. The summed E-state index contributed by atoms with van der Waals surface area (Å²) in [6, 6.07) is 8.05. The van der Waals surface area contributed by atoms with E-state index >= 15 is 0 Å². The molecule has 192 valence electrons. The van der Waals surface area contributed by atoms with E-state index in [0.717, 1.165) is 23.9 Å². The Labute approximate surface area is 214 Å². The number of halogens is 1. The van der Waals surface area contributed by atoms with Crippen molar-refractivity contribution in [1.29, 1.82) is 0 Å². The minimum atomic E-state index is -0.705. The highest BCUT2D eigenvalue weighted by molar-refractivity contribution is 5.99. The molecule has 3 aromatic rings. The van der Waals surface area contributed by atoms with Crippen LogP contribution in [0.1, 0.15) is 50.3 Å². The van der Waals surface area contributed by atoms with Crippen LogP contribution in [-0.2, 0) is 5.41 Å². The van der Waals surface area contributed by atoms with Crippen LogP contribution in [0.5, 0.6) is 11.5 Å². The first-order valence-electron chi connectivity index (χ1n) is 11.8. The highest BCUT2D eigenvalue weighted by Crippen LogP contribution is 2.29. The van der Waals surface area contributed by atoms with Gasteiger partial charge in [-0.05, 0) is 36.6 Å². The average molecular weight is 505 g/mol. The number of pyridine rings is 1. The smallest absolute Gasteiger partial charge is 0.324 e. The third-order valence-corrected chi connectivity index (χ3v) is 5.67. The molecular formula is C27H29FN6O3. The standard InChI is InChI=1S/C27H29FN6O3/c1-16-5-7-17(8-6-16)34-24(15-23(33-34)27(2,3)4)32-26(36)31-21-10-9-18(13-20(21)28)37-19-11-12-30-22(14-19)25(29)35/h5,7-16H,6H2,1-4H3,(H2,29,35)(H2,31,32,36). The van der Waals surface area contributed by atoms with E-state index in [0.29, 0.717) is 11.7 Å². The van der Waals surface area contributed by atoms with Crippen LogP contribution in [0.25, 0.3) is 5.70 Å². The molecule has 0 saturated heterocycles. The SMILES string of the molecule is CC1C=CC(n2nc(C(C)(C)C)cc2NC(=O)Nc2ccc(Oc3ccnc(C(N)=O)c3)cc2F)=CC1.